The highest BCUT2D eigenvalue weighted by Crippen LogP contribution is 2.36. The number of benzene rings is 1. The topological polar surface area (TPSA) is 21.6 Å². The van der Waals surface area contributed by atoms with E-state index in [4.69, 9.17) is 4.74 Å². The second-order valence-electron chi connectivity index (χ2n) is 6.45. The number of hydrogen-bond acceptors (Lipinski definition) is 2. The largest absolute Gasteiger partial charge is 0.492 e. The van der Waals surface area contributed by atoms with E-state index in [1.54, 1.807) is 0 Å². The van der Waals surface area contributed by atoms with Crippen LogP contribution in [0.2, 0.25) is 0 Å². The van der Waals surface area contributed by atoms with Crippen molar-refractivity contribution in [2.24, 2.45) is 4.99 Å². The van der Waals surface area contributed by atoms with Crippen molar-refractivity contribution < 1.29 is 4.74 Å². The summed E-state index contributed by atoms with van der Waals surface area (Å²) < 4.78 is 6.17. The molecule has 1 aromatic rings. The van der Waals surface area contributed by atoms with Crippen LogP contribution in [0.4, 0.5) is 0 Å². The Morgan fingerprint density at radius 2 is 2.00 bits per heavy atom. The molecule has 0 bridgehead atoms. The standard InChI is InChI=1S/C18H25NO/c1-13-7-6-8-15(16(13)12-19-5)11-17(14-9-10-14)20-18(2,3)4/h6-8,12H,9-11H2,1-5H3. The third kappa shape index (κ3) is 3.96. The molecule has 0 atom stereocenters. The Kier molecular flexibility index (Phi) is 4.32. The molecule has 1 saturated carbocycles. The van der Waals surface area contributed by atoms with Crippen LogP contribution >= 0.6 is 0 Å². The van der Waals surface area contributed by atoms with Gasteiger partial charge in [-0.1, -0.05) is 18.2 Å². The molecule has 0 heterocycles. The zero-order chi connectivity index (χ0) is 14.8. The first-order valence-corrected chi connectivity index (χ1v) is 7.31. The first-order valence-electron chi connectivity index (χ1n) is 7.31. The van der Waals surface area contributed by atoms with Gasteiger partial charge in [0.1, 0.15) is 11.4 Å². The lowest BCUT2D eigenvalue weighted by molar-refractivity contribution is 0.0481. The third-order valence-electron chi connectivity index (χ3n) is 3.35. The monoisotopic (exact) mass is 271 g/mol. The Balaban J connectivity index is 2.29. The van der Waals surface area contributed by atoms with Gasteiger partial charge < -0.3 is 4.74 Å². The summed E-state index contributed by atoms with van der Waals surface area (Å²) in [5.41, 5.74) is 5.14. The minimum atomic E-state index is -0.131. The number of nitrogens with zero attached hydrogens (tertiary/aromatic N) is 1. The lowest BCUT2D eigenvalue weighted by Crippen LogP contribution is -2.20. The van der Waals surface area contributed by atoms with Gasteiger partial charge in [-0.3, -0.25) is 4.99 Å². The molecule has 0 spiro atoms. The quantitative estimate of drug-likeness (QED) is 0.585. The molecule has 2 rings (SSSR count). The normalized spacial score (nSPS) is 14.8. The van der Waals surface area contributed by atoms with Gasteiger partial charge in [0.15, 0.2) is 0 Å². The van der Waals surface area contributed by atoms with Gasteiger partial charge in [-0.15, -0.1) is 0 Å². The first kappa shape index (κ1) is 14.8. The smallest absolute Gasteiger partial charge is 0.100 e. The number of hydrogen-bond donors (Lipinski definition) is 0. The van der Waals surface area contributed by atoms with Gasteiger partial charge in [0.25, 0.3) is 0 Å². The van der Waals surface area contributed by atoms with Crippen LogP contribution in [-0.4, -0.2) is 18.9 Å². The van der Waals surface area contributed by atoms with Crippen LogP contribution in [0, 0.1) is 6.92 Å². The molecule has 1 aliphatic rings. The molecule has 2 heteroatoms. The highest BCUT2D eigenvalue weighted by molar-refractivity contribution is 5.83. The fourth-order valence-electron chi connectivity index (χ4n) is 2.33. The molecule has 0 aliphatic heterocycles. The fourth-order valence-corrected chi connectivity index (χ4v) is 2.33. The molecule has 0 saturated heterocycles. The second-order valence-corrected chi connectivity index (χ2v) is 6.45. The zero-order valence-corrected chi connectivity index (χ0v) is 13.3. The van der Waals surface area contributed by atoms with Crippen molar-refractivity contribution in [3.8, 4) is 0 Å². The molecular weight excluding hydrogens is 246 g/mol. The van der Waals surface area contributed by atoms with E-state index in [2.05, 4.69) is 50.9 Å². The number of ether oxygens (including phenoxy) is 1. The fraction of sp³-hybridized carbons (Fsp3) is 0.500. The molecule has 2 nitrogen and oxygen atoms in total. The lowest BCUT2D eigenvalue weighted by Gasteiger charge is -2.24. The molecule has 108 valence electrons. The average molecular weight is 271 g/mol. The van der Waals surface area contributed by atoms with E-state index in [9.17, 15) is 0 Å². The molecule has 0 amide bonds. The van der Waals surface area contributed by atoms with Crippen LogP contribution in [0.25, 0.3) is 0 Å². The molecular formula is C18H25NO. The molecule has 0 radical (unpaired) electrons. The van der Waals surface area contributed by atoms with Crippen LogP contribution in [0.1, 0.15) is 50.3 Å². The van der Waals surface area contributed by atoms with E-state index in [1.807, 2.05) is 13.3 Å². The summed E-state index contributed by atoms with van der Waals surface area (Å²) in [4.78, 5) is 4.19. The van der Waals surface area contributed by atoms with E-state index in [0.717, 1.165) is 12.2 Å². The van der Waals surface area contributed by atoms with Crippen LogP contribution in [0.5, 0.6) is 0 Å². The van der Waals surface area contributed by atoms with E-state index in [-0.39, 0.29) is 5.60 Å². The average Bonchev–Trinajstić information content (AvgIpc) is 3.15. The predicted octanol–water partition coefficient (Wildman–Crippen LogP) is 4.45. The highest BCUT2D eigenvalue weighted by atomic mass is 16.5. The lowest BCUT2D eigenvalue weighted by atomic mass is 9.99. The van der Waals surface area contributed by atoms with Crippen molar-refractivity contribution in [2.75, 3.05) is 7.05 Å². The summed E-state index contributed by atoms with van der Waals surface area (Å²) in [7, 11) is 1.82. The summed E-state index contributed by atoms with van der Waals surface area (Å²) in [6.07, 6.45) is 5.20. The predicted molar refractivity (Wildman–Crippen MR) is 85.5 cm³/mol. The van der Waals surface area contributed by atoms with Gasteiger partial charge in [0, 0.05) is 19.7 Å². The van der Waals surface area contributed by atoms with Gasteiger partial charge in [-0.2, -0.15) is 0 Å². The Morgan fingerprint density at radius 3 is 2.55 bits per heavy atom. The highest BCUT2D eigenvalue weighted by Gasteiger charge is 2.24. The summed E-state index contributed by atoms with van der Waals surface area (Å²) in [6.45, 7) is 8.47. The Hall–Kier alpha value is -1.57. The Bertz CT molecular complexity index is 541. The van der Waals surface area contributed by atoms with Crippen LogP contribution < -0.4 is 0 Å². The molecule has 20 heavy (non-hydrogen) atoms. The number of aryl methyl sites for hydroxylation is 1. The van der Waals surface area contributed by atoms with Crippen molar-refractivity contribution in [3.63, 3.8) is 0 Å². The molecule has 0 N–H and O–H groups in total. The summed E-state index contributed by atoms with van der Waals surface area (Å²) in [5.74, 6) is 1.16. The third-order valence-corrected chi connectivity index (χ3v) is 3.35. The number of rotatable bonds is 4. The van der Waals surface area contributed by atoms with Crippen molar-refractivity contribution in [1.82, 2.24) is 0 Å². The van der Waals surface area contributed by atoms with Crippen molar-refractivity contribution in [1.29, 1.82) is 0 Å². The van der Waals surface area contributed by atoms with Crippen molar-refractivity contribution in [2.45, 2.75) is 52.6 Å². The van der Waals surface area contributed by atoms with Crippen LogP contribution in [0.15, 0.2) is 34.5 Å². The minimum Gasteiger partial charge on any atom is -0.492 e. The first-order chi connectivity index (χ1) is 9.40. The van der Waals surface area contributed by atoms with Gasteiger partial charge in [0.05, 0.1) is 0 Å². The summed E-state index contributed by atoms with van der Waals surface area (Å²) in [5, 5.41) is 0. The molecule has 0 aromatic heterocycles. The van der Waals surface area contributed by atoms with Crippen molar-refractivity contribution in [3.05, 3.63) is 46.2 Å². The maximum atomic E-state index is 6.17. The van der Waals surface area contributed by atoms with Crippen molar-refractivity contribution >= 4 is 6.21 Å². The minimum absolute atomic E-state index is 0.131. The second kappa shape index (κ2) is 5.82. The van der Waals surface area contributed by atoms with Gasteiger partial charge >= 0.3 is 0 Å². The maximum absolute atomic E-state index is 6.17. The Morgan fingerprint density at radius 1 is 1.30 bits per heavy atom. The van der Waals surface area contributed by atoms with Gasteiger partial charge in [-0.05, 0) is 62.8 Å². The zero-order valence-electron chi connectivity index (χ0n) is 13.3. The van der Waals surface area contributed by atoms with Gasteiger partial charge in [-0.25, -0.2) is 0 Å². The molecule has 1 aliphatic carbocycles. The van der Waals surface area contributed by atoms with Gasteiger partial charge in [0.2, 0.25) is 0 Å². The van der Waals surface area contributed by atoms with Crippen LogP contribution in [-0.2, 0) is 11.2 Å². The van der Waals surface area contributed by atoms with E-state index < -0.39 is 0 Å². The summed E-state index contributed by atoms with van der Waals surface area (Å²) >= 11 is 0. The van der Waals surface area contributed by atoms with Crippen LogP contribution in [0.3, 0.4) is 0 Å². The number of aliphatic imine (C=N–C) groups is 1. The SMILES string of the molecule is CN=Cc1c(C)cccc1CC(OC(C)(C)C)=C1CC1. The summed E-state index contributed by atoms with van der Waals surface area (Å²) in [6, 6.07) is 6.43. The Labute approximate surface area is 122 Å². The maximum Gasteiger partial charge on any atom is 0.100 e. The van der Waals surface area contributed by atoms with E-state index >= 15 is 0 Å². The number of allylic oxidation sites excluding steroid dienone is 2. The van der Waals surface area contributed by atoms with E-state index in [1.165, 1.54) is 35.1 Å². The van der Waals surface area contributed by atoms with E-state index in [0.29, 0.717) is 0 Å². The molecule has 1 fully saturated rings. The molecule has 0 unspecified atom stereocenters. The molecule has 1 aromatic carbocycles.